The van der Waals surface area contributed by atoms with Crippen molar-refractivity contribution in [2.24, 2.45) is 0 Å². The van der Waals surface area contributed by atoms with Gasteiger partial charge in [-0.25, -0.2) is 4.98 Å². The van der Waals surface area contributed by atoms with Gasteiger partial charge in [0.1, 0.15) is 19.0 Å². The van der Waals surface area contributed by atoms with Gasteiger partial charge < -0.3 is 14.4 Å². The van der Waals surface area contributed by atoms with Gasteiger partial charge in [-0.3, -0.25) is 4.90 Å². The molecule has 0 bridgehead atoms. The molecular formula is C18H23N3O2. The van der Waals surface area contributed by atoms with Crippen LogP contribution in [0.5, 0.6) is 11.5 Å². The van der Waals surface area contributed by atoms with Crippen molar-refractivity contribution in [1.82, 2.24) is 9.88 Å². The number of piperazine rings is 1. The van der Waals surface area contributed by atoms with E-state index in [1.165, 1.54) is 0 Å². The van der Waals surface area contributed by atoms with Gasteiger partial charge in [0.2, 0.25) is 0 Å². The van der Waals surface area contributed by atoms with Crippen LogP contribution >= 0.6 is 0 Å². The minimum atomic E-state index is 0.607. The molecule has 0 N–H and O–H groups in total. The monoisotopic (exact) mass is 313 g/mol. The van der Waals surface area contributed by atoms with Crippen molar-refractivity contribution >= 4 is 16.7 Å². The molecule has 0 atom stereocenters. The van der Waals surface area contributed by atoms with E-state index in [1.807, 2.05) is 12.1 Å². The normalized spacial score (nSPS) is 18.7. The predicted octanol–water partition coefficient (Wildman–Crippen LogP) is 2.54. The molecule has 0 unspecified atom stereocenters. The first-order valence-electron chi connectivity index (χ1n) is 8.40. The molecule has 1 fully saturated rings. The van der Waals surface area contributed by atoms with Crippen LogP contribution < -0.4 is 14.4 Å². The number of nitrogens with zero attached hydrogens (tertiary/aromatic N) is 3. The second kappa shape index (κ2) is 5.89. The van der Waals surface area contributed by atoms with Crippen molar-refractivity contribution in [2.75, 3.05) is 44.3 Å². The Morgan fingerprint density at radius 2 is 1.65 bits per heavy atom. The third-order valence-electron chi connectivity index (χ3n) is 4.71. The van der Waals surface area contributed by atoms with Crippen molar-refractivity contribution in [3.05, 3.63) is 24.3 Å². The van der Waals surface area contributed by atoms with E-state index in [0.29, 0.717) is 19.3 Å². The molecule has 3 heterocycles. The molecule has 1 saturated heterocycles. The van der Waals surface area contributed by atoms with E-state index in [1.54, 1.807) is 0 Å². The zero-order chi connectivity index (χ0) is 15.8. The first-order valence-corrected chi connectivity index (χ1v) is 8.40. The van der Waals surface area contributed by atoms with E-state index in [9.17, 15) is 0 Å². The van der Waals surface area contributed by atoms with Crippen molar-refractivity contribution < 1.29 is 9.47 Å². The fourth-order valence-corrected chi connectivity index (χ4v) is 3.29. The van der Waals surface area contributed by atoms with Crippen LogP contribution in [-0.4, -0.2) is 55.3 Å². The van der Waals surface area contributed by atoms with Gasteiger partial charge in [0.15, 0.2) is 11.5 Å². The van der Waals surface area contributed by atoms with Crippen molar-refractivity contribution in [1.29, 1.82) is 0 Å². The number of fused-ring (bicyclic) bond motifs is 2. The van der Waals surface area contributed by atoms with Gasteiger partial charge >= 0.3 is 0 Å². The van der Waals surface area contributed by atoms with Gasteiger partial charge in [-0.2, -0.15) is 0 Å². The summed E-state index contributed by atoms with van der Waals surface area (Å²) >= 11 is 0. The number of hydrogen-bond acceptors (Lipinski definition) is 5. The molecule has 4 rings (SSSR count). The lowest BCUT2D eigenvalue weighted by Gasteiger charge is -2.37. The summed E-state index contributed by atoms with van der Waals surface area (Å²) in [7, 11) is 0. The Bertz CT molecular complexity index is 709. The number of anilines is 1. The molecule has 5 heteroatoms. The molecule has 1 aromatic heterocycles. The summed E-state index contributed by atoms with van der Waals surface area (Å²) < 4.78 is 11.3. The topological polar surface area (TPSA) is 37.8 Å². The first-order chi connectivity index (χ1) is 11.2. The smallest absolute Gasteiger partial charge is 0.163 e. The van der Waals surface area contributed by atoms with Crippen molar-refractivity contribution in [3.63, 3.8) is 0 Å². The van der Waals surface area contributed by atoms with Crippen LogP contribution in [0.25, 0.3) is 10.9 Å². The maximum absolute atomic E-state index is 5.67. The number of benzene rings is 1. The Balaban J connectivity index is 1.59. The van der Waals surface area contributed by atoms with Gasteiger partial charge in [0.05, 0.1) is 5.52 Å². The molecule has 1 aromatic carbocycles. The summed E-state index contributed by atoms with van der Waals surface area (Å²) in [5.41, 5.74) is 0.970. The van der Waals surface area contributed by atoms with E-state index >= 15 is 0 Å². The SMILES string of the molecule is CC(C)N1CCN(c2ccc3cc4c(cc3n2)OCCO4)CC1. The van der Waals surface area contributed by atoms with E-state index < -0.39 is 0 Å². The van der Waals surface area contributed by atoms with Crippen LogP contribution in [0.2, 0.25) is 0 Å². The fraction of sp³-hybridized carbons (Fsp3) is 0.500. The molecule has 0 aliphatic carbocycles. The molecule has 2 aliphatic heterocycles. The standard InChI is InChI=1S/C18H23N3O2/c1-13(2)20-5-7-21(8-6-20)18-4-3-14-11-16-17(12-15(14)19-18)23-10-9-22-16/h3-4,11-13H,5-10H2,1-2H3. The quantitative estimate of drug-likeness (QED) is 0.852. The Hall–Kier alpha value is -2.01. The molecule has 0 spiro atoms. The Morgan fingerprint density at radius 1 is 0.957 bits per heavy atom. The highest BCUT2D eigenvalue weighted by Gasteiger charge is 2.20. The minimum Gasteiger partial charge on any atom is -0.486 e. The summed E-state index contributed by atoms with van der Waals surface area (Å²) in [6, 6.07) is 8.88. The average Bonchev–Trinajstić information content (AvgIpc) is 2.59. The first kappa shape index (κ1) is 14.6. The number of aromatic nitrogens is 1. The van der Waals surface area contributed by atoms with Crippen LogP contribution in [0, 0.1) is 0 Å². The highest BCUT2D eigenvalue weighted by atomic mass is 16.6. The summed E-state index contributed by atoms with van der Waals surface area (Å²) in [4.78, 5) is 9.73. The van der Waals surface area contributed by atoms with E-state index in [2.05, 4.69) is 35.8 Å². The third-order valence-corrected chi connectivity index (χ3v) is 4.71. The molecule has 5 nitrogen and oxygen atoms in total. The lowest BCUT2D eigenvalue weighted by Crippen LogP contribution is -2.49. The lowest BCUT2D eigenvalue weighted by molar-refractivity contribution is 0.172. The lowest BCUT2D eigenvalue weighted by atomic mass is 10.1. The number of rotatable bonds is 2. The highest BCUT2D eigenvalue weighted by Crippen LogP contribution is 2.34. The zero-order valence-corrected chi connectivity index (χ0v) is 13.8. The maximum Gasteiger partial charge on any atom is 0.163 e. The molecule has 2 aliphatic rings. The summed E-state index contributed by atoms with van der Waals surface area (Å²) in [6.45, 7) is 9.99. The average molecular weight is 313 g/mol. The van der Waals surface area contributed by atoms with Crippen LogP contribution in [0.4, 0.5) is 5.82 Å². The van der Waals surface area contributed by atoms with Crippen LogP contribution in [0.3, 0.4) is 0 Å². The molecule has 0 amide bonds. The molecule has 2 aromatic rings. The van der Waals surface area contributed by atoms with Crippen LogP contribution in [0.15, 0.2) is 24.3 Å². The molecule has 23 heavy (non-hydrogen) atoms. The molecule has 0 saturated carbocycles. The van der Waals surface area contributed by atoms with E-state index in [0.717, 1.165) is 54.4 Å². The predicted molar refractivity (Wildman–Crippen MR) is 91.7 cm³/mol. The highest BCUT2D eigenvalue weighted by molar-refractivity contribution is 5.84. The fourth-order valence-electron chi connectivity index (χ4n) is 3.29. The Kier molecular flexibility index (Phi) is 3.73. The second-order valence-corrected chi connectivity index (χ2v) is 6.47. The Labute approximate surface area is 136 Å². The van der Waals surface area contributed by atoms with Gasteiger partial charge in [-0.1, -0.05) is 0 Å². The van der Waals surface area contributed by atoms with Gasteiger partial charge in [0.25, 0.3) is 0 Å². The number of pyridine rings is 1. The number of hydrogen-bond donors (Lipinski definition) is 0. The van der Waals surface area contributed by atoms with Gasteiger partial charge in [0, 0.05) is 43.7 Å². The molecule has 122 valence electrons. The van der Waals surface area contributed by atoms with E-state index in [4.69, 9.17) is 14.5 Å². The van der Waals surface area contributed by atoms with Crippen LogP contribution in [-0.2, 0) is 0 Å². The Morgan fingerprint density at radius 3 is 2.35 bits per heavy atom. The second-order valence-electron chi connectivity index (χ2n) is 6.47. The summed E-state index contributed by atoms with van der Waals surface area (Å²) in [5.74, 6) is 2.68. The maximum atomic E-state index is 5.67. The van der Waals surface area contributed by atoms with Gasteiger partial charge in [-0.05, 0) is 32.0 Å². The van der Waals surface area contributed by atoms with E-state index in [-0.39, 0.29) is 0 Å². The van der Waals surface area contributed by atoms with Crippen molar-refractivity contribution in [2.45, 2.75) is 19.9 Å². The van der Waals surface area contributed by atoms with Crippen LogP contribution in [0.1, 0.15) is 13.8 Å². The largest absolute Gasteiger partial charge is 0.486 e. The summed E-state index contributed by atoms with van der Waals surface area (Å²) in [6.07, 6.45) is 0. The minimum absolute atomic E-state index is 0.607. The molecular weight excluding hydrogens is 290 g/mol. The zero-order valence-electron chi connectivity index (χ0n) is 13.8. The molecule has 0 radical (unpaired) electrons. The summed E-state index contributed by atoms with van der Waals surface area (Å²) in [5, 5.41) is 1.10. The number of ether oxygens (including phenoxy) is 2. The van der Waals surface area contributed by atoms with Gasteiger partial charge in [-0.15, -0.1) is 0 Å². The van der Waals surface area contributed by atoms with Crippen molar-refractivity contribution in [3.8, 4) is 11.5 Å². The third kappa shape index (κ3) is 2.81.